The summed E-state index contributed by atoms with van der Waals surface area (Å²) in [7, 11) is 4.82. The van der Waals surface area contributed by atoms with Gasteiger partial charge in [-0.15, -0.1) is 0 Å². The minimum absolute atomic E-state index is 0.0769. The van der Waals surface area contributed by atoms with Crippen LogP contribution in [0.5, 0.6) is 0 Å². The summed E-state index contributed by atoms with van der Waals surface area (Å²) in [5.41, 5.74) is 4.41. The zero-order chi connectivity index (χ0) is 39.5. The Labute approximate surface area is 318 Å². The van der Waals surface area contributed by atoms with Crippen molar-refractivity contribution in [2.75, 3.05) is 17.2 Å². The number of nitro groups is 1. The van der Waals surface area contributed by atoms with E-state index in [0.717, 1.165) is 22.1 Å². The third-order valence-corrected chi connectivity index (χ3v) is 9.19. The largest absolute Gasteiger partial charge is 0.351 e. The number of carbonyl (C=O) groups excluding carboxylic acids is 4. The number of hydrogen-bond acceptors (Lipinski definition) is 8. The van der Waals surface area contributed by atoms with Crippen molar-refractivity contribution in [1.29, 1.82) is 0 Å². The molecule has 0 bridgehead atoms. The van der Waals surface area contributed by atoms with Gasteiger partial charge < -0.3 is 44.5 Å². The first-order valence-electron chi connectivity index (χ1n) is 17.6. The number of H-pyrrole nitrogens is 2. The maximum Gasteiger partial charge on any atom is 0.287 e. The fourth-order valence-corrected chi connectivity index (χ4v) is 6.43. The molecule has 0 saturated carbocycles. The van der Waals surface area contributed by atoms with Crippen LogP contribution < -0.4 is 16.0 Å². The van der Waals surface area contributed by atoms with Crippen LogP contribution in [0.2, 0.25) is 0 Å². The number of aryl methyl sites for hydroxylation is 3. The molecule has 0 fully saturated rings. The second-order valence-corrected chi connectivity index (χ2v) is 13.3. The maximum atomic E-state index is 13.6. The molecule has 5 aromatic heterocycles. The highest BCUT2D eigenvalue weighted by Gasteiger charge is 2.22. The standard InChI is InChI=1S/C38H38N12O6/c1-46-18-23(40-37(53)31-16-24(19-47(31)2)41-38(54)32-17-25(50(55)56)20-48(32)3)15-30(46)36(52)39-14-8-13-35(51)49(21-33-42-26-9-4-5-10-27(26)43-33)22-34-44-28-11-6-7-12-29(28)45-34/h4-7,9-12,15-20H,8,13-14,21-22H2,1-3H3,(H,39,52)(H,40,53)(H,41,54)(H,42,43)(H,44,45). The van der Waals surface area contributed by atoms with Gasteiger partial charge in [0.15, 0.2) is 0 Å². The van der Waals surface area contributed by atoms with E-state index < -0.39 is 16.7 Å². The molecule has 0 spiro atoms. The average molecular weight is 759 g/mol. The minimum Gasteiger partial charge on any atom is -0.351 e. The lowest BCUT2D eigenvalue weighted by Gasteiger charge is -2.21. The number of imidazole rings is 2. The predicted molar refractivity (Wildman–Crippen MR) is 207 cm³/mol. The molecule has 0 saturated heterocycles. The lowest BCUT2D eigenvalue weighted by Crippen LogP contribution is -2.32. The Hall–Kier alpha value is -7.50. The summed E-state index contributed by atoms with van der Waals surface area (Å²) in [5.74, 6) is -0.291. The van der Waals surface area contributed by atoms with Crippen molar-refractivity contribution in [2.45, 2.75) is 25.9 Å². The second-order valence-electron chi connectivity index (χ2n) is 13.3. The first kappa shape index (κ1) is 36.8. The Morgan fingerprint density at radius 2 is 1.20 bits per heavy atom. The molecule has 5 heterocycles. The van der Waals surface area contributed by atoms with Crippen LogP contribution in [0, 0.1) is 10.1 Å². The van der Waals surface area contributed by atoms with Crippen LogP contribution in [-0.4, -0.2) is 73.6 Å². The molecule has 2 aromatic carbocycles. The van der Waals surface area contributed by atoms with Crippen LogP contribution in [-0.2, 0) is 39.0 Å². The number of rotatable bonds is 14. The van der Waals surface area contributed by atoms with Gasteiger partial charge in [-0.05, 0) is 42.8 Å². The van der Waals surface area contributed by atoms with Crippen molar-refractivity contribution in [3.63, 3.8) is 0 Å². The summed E-state index contributed by atoms with van der Waals surface area (Å²) in [6.07, 6.45) is 4.91. The van der Waals surface area contributed by atoms with E-state index >= 15 is 0 Å². The average Bonchev–Trinajstić information content (AvgIpc) is 3.99. The summed E-state index contributed by atoms with van der Waals surface area (Å²) in [6, 6.07) is 19.5. The molecule has 0 aliphatic rings. The molecule has 0 atom stereocenters. The Balaban J connectivity index is 0.935. The Morgan fingerprint density at radius 3 is 1.70 bits per heavy atom. The van der Waals surface area contributed by atoms with Crippen LogP contribution in [0.3, 0.4) is 0 Å². The number of para-hydroxylation sites is 4. The fourth-order valence-electron chi connectivity index (χ4n) is 6.43. The van der Waals surface area contributed by atoms with Gasteiger partial charge >= 0.3 is 0 Å². The number of aromatic nitrogens is 7. The van der Waals surface area contributed by atoms with Gasteiger partial charge in [0.1, 0.15) is 28.7 Å². The zero-order valence-corrected chi connectivity index (χ0v) is 30.7. The van der Waals surface area contributed by atoms with E-state index in [1.54, 1.807) is 29.8 Å². The first-order valence-corrected chi connectivity index (χ1v) is 17.6. The summed E-state index contributed by atoms with van der Waals surface area (Å²) in [4.78, 5) is 80.8. The van der Waals surface area contributed by atoms with Crippen molar-refractivity contribution in [3.05, 3.63) is 124 Å². The van der Waals surface area contributed by atoms with Gasteiger partial charge in [-0.25, -0.2) is 9.97 Å². The van der Waals surface area contributed by atoms with Crippen LogP contribution in [0.4, 0.5) is 17.1 Å². The highest BCUT2D eigenvalue weighted by atomic mass is 16.6. The molecule has 4 amide bonds. The lowest BCUT2D eigenvalue weighted by atomic mass is 10.2. The number of hydrogen-bond donors (Lipinski definition) is 5. The number of aromatic amines is 2. The summed E-state index contributed by atoms with van der Waals surface area (Å²) in [5, 5.41) is 19.4. The van der Waals surface area contributed by atoms with Crippen molar-refractivity contribution < 1.29 is 24.1 Å². The van der Waals surface area contributed by atoms with Gasteiger partial charge in [-0.2, -0.15) is 0 Å². The van der Waals surface area contributed by atoms with E-state index in [-0.39, 0.29) is 54.9 Å². The number of nitrogens with one attached hydrogen (secondary N) is 5. The van der Waals surface area contributed by atoms with E-state index in [9.17, 15) is 29.3 Å². The molecule has 56 heavy (non-hydrogen) atoms. The SMILES string of the molecule is Cn1cc(NC(=O)c2cc(NC(=O)c3cc([N+](=O)[O-])cn3C)cn2C)cc1C(=O)NCCCC(=O)N(Cc1nc2ccccc2[nH]1)Cc1nc2ccccc2[nH]1. The number of nitrogens with zero attached hydrogens (tertiary/aromatic N) is 7. The number of amides is 4. The van der Waals surface area contributed by atoms with Gasteiger partial charge in [0, 0.05) is 52.6 Å². The van der Waals surface area contributed by atoms with Gasteiger partial charge in [0.2, 0.25) is 5.91 Å². The normalized spacial score (nSPS) is 11.2. The van der Waals surface area contributed by atoms with E-state index in [1.165, 1.54) is 46.8 Å². The monoisotopic (exact) mass is 758 g/mol. The third-order valence-electron chi connectivity index (χ3n) is 9.19. The van der Waals surface area contributed by atoms with Gasteiger partial charge in [-0.1, -0.05) is 24.3 Å². The topological polar surface area (TPSA) is 223 Å². The minimum atomic E-state index is -0.588. The Kier molecular flexibility index (Phi) is 10.2. The molecular formula is C38H38N12O6. The second kappa shape index (κ2) is 15.5. The van der Waals surface area contributed by atoms with Gasteiger partial charge in [-0.3, -0.25) is 29.3 Å². The molecular weight excluding hydrogens is 720 g/mol. The molecule has 7 rings (SSSR count). The van der Waals surface area contributed by atoms with Crippen LogP contribution in [0.25, 0.3) is 22.1 Å². The van der Waals surface area contributed by atoms with Gasteiger partial charge in [0.25, 0.3) is 23.4 Å². The Morgan fingerprint density at radius 1 is 0.714 bits per heavy atom. The first-order chi connectivity index (χ1) is 26.9. The fraction of sp³-hybridized carbons (Fsp3) is 0.211. The van der Waals surface area contributed by atoms with Crippen molar-refractivity contribution >= 4 is 62.8 Å². The number of carbonyl (C=O) groups is 4. The highest BCUT2D eigenvalue weighted by molar-refractivity contribution is 6.07. The van der Waals surface area contributed by atoms with Crippen molar-refractivity contribution in [1.82, 2.24) is 43.9 Å². The smallest absolute Gasteiger partial charge is 0.287 e. The molecule has 18 heteroatoms. The molecule has 0 radical (unpaired) electrons. The van der Waals surface area contributed by atoms with E-state index in [0.29, 0.717) is 35.1 Å². The number of fused-ring (bicyclic) bond motifs is 2. The van der Waals surface area contributed by atoms with Crippen LogP contribution in [0.1, 0.15) is 56.0 Å². The molecule has 0 aliphatic carbocycles. The van der Waals surface area contributed by atoms with Crippen molar-refractivity contribution in [3.8, 4) is 0 Å². The van der Waals surface area contributed by atoms with E-state index in [1.807, 2.05) is 48.5 Å². The van der Waals surface area contributed by atoms with Crippen molar-refractivity contribution in [2.24, 2.45) is 21.1 Å². The summed E-state index contributed by atoms with van der Waals surface area (Å²) in [6.45, 7) is 0.718. The lowest BCUT2D eigenvalue weighted by molar-refractivity contribution is -0.384. The highest BCUT2D eigenvalue weighted by Crippen LogP contribution is 2.21. The summed E-state index contributed by atoms with van der Waals surface area (Å²) < 4.78 is 4.44. The predicted octanol–water partition coefficient (Wildman–Crippen LogP) is 4.61. The van der Waals surface area contributed by atoms with Gasteiger partial charge in [0.05, 0.1) is 57.7 Å². The van der Waals surface area contributed by atoms with Crippen LogP contribution >= 0.6 is 0 Å². The molecule has 7 aromatic rings. The summed E-state index contributed by atoms with van der Waals surface area (Å²) >= 11 is 0. The molecule has 286 valence electrons. The molecule has 18 nitrogen and oxygen atoms in total. The van der Waals surface area contributed by atoms with E-state index in [2.05, 4.69) is 35.9 Å². The maximum absolute atomic E-state index is 13.6. The van der Waals surface area contributed by atoms with E-state index in [4.69, 9.17) is 0 Å². The zero-order valence-electron chi connectivity index (χ0n) is 30.7. The van der Waals surface area contributed by atoms with Crippen LogP contribution in [0.15, 0.2) is 85.3 Å². The number of anilines is 2. The Bertz CT molecular complexity index is 2480. The number of benzene rings is 2. The molecule has 0 unspecified atom stereocenters. The molecule has 0 aliphatic heterocycles. The third kappa shape index (κ3) is 8.03. The molecule has 5 N–H and O–H groups in total. The quantitative estimate of drug-likeness (QED) is 0.0597.